The van der Waals surface area contributed by atoms with Crippen molar-refractivity contribution in [3.63, 3.8) is 0 Å². The Bertz CT molecular complexity index is 540. The van der Waals surface area contributed by atoms with Crippen molar-refractivity contribution in [3.05, 3.63) is 29.8 Å². The fourth-order valence-electron chi connectivity index (χ4n) is 2.23. The van der Waals surface area contributed by atoms with Crippen LogP contribution in [0.2, 0.25) is 0 Å². The van der Waals surface area contributed by atoms with Crippen LogP contribution in [-0.2, 0) is 9.59 Å². The van der Waals surface area contributed by atoms with Gasteiger partial charge in [0, 0.05) is 5.92 Å². The van der Waals surface area contributed by atoms with Gasteiger partial charge in [0.25, 0.3) is 0 Å². The lowest BCUT2D eigenvalue weighted by molar-refractivity contribution is -0.274. The number of hydrogen-bond donors (Lipinski definition) is 2. The van der Waals surface area contributed by atoms with Gasteiger partial charge >= 0.3 is 6.36 Å². The third-order valence-electron chi connectivity index (χ3n) is 3.36. The Hall–Kier alpha value is -2.25. The van der Waals surface area contributed by atoms with Crippen LogP contribution in [0.3, 0.4) is 0 Å². The number of ether oxygens (including phenoxy) is 1. The number of halogens is 3. The van der Waals surface area contributed by atoms with Crippen LogP contribution in [0, 0.1) is 5.41 Å². The summed E-state index contributed by atoms with van der Waals surface area (Å²) in [5.41, 5.74) is 9.40. The topological polar surface area (TPSA) is 95.4 Å². The van der Waals surface area contributed by atoms with Crippen LogP contribution in [0.5, 0.6) is 5.75 Å². The predicted octanol–water partition coefficient (Wildman–Crippen LogP) is 1.03. The van der Waals surface area contributed by atoms with Crippen molar-refractivity contribution in [2.24, 2.45) is 16.9 Å². The molecular weight excluding hydrogens is 277 g/mol. The molecule has 5 nitrogen and oxygen atoms in total. The molecule has 1 aliphatic carbocycles. The molecule has 4 N–H and O–H groups in total. The van der Waals surface area contributed by atoms with Crippen LogP contribution in [0.4, 0.5) is 13.2 Å². The second-order valence-corrected chi connectivity index (χ2v) is 4.57. The van der Waals surface area contributed by atoms with Crippen molar-refractivity contribution < 1.29 is 27.5 Å². The van der Waals surface area contributed by atoms with E-state index in [0.29, 0.717) is 5.56 Å². The maximum atomic E-state index is 12.0. The van der Waals surface area contributed by atoms with Crippen molar-refractivity contribution in [3.8, 4) is 5.75 Å². The molecule has 0 spiro atoms. The third-order valence-corrected chi connectivity index (χ3v) is 3.36. The Balaban J connectivity index is 2.17. The Morgan fingerprint density at radius 2 is 1.65 bits per heavy atom. The highest BCUT2D eigenvalue weighted by Crippen LogP contribution is 2.59. The maximum absolute atomic E-state index is 12.0. The van der Waals surface area contributed by atoms with Gasteiger partial charge in [-0.15, -0.1) is 13.2 Å². The smallest absolute Gasteiger partial charge is 0.406 e. The molecule has 1 saturated carbocycles. The quantitative estimate of drug-likeness (QED) is 0.810. The second-order valence-electron chi connectivity index (χ2n) is 4.57. The van der Waals surface area contributed by atoms with E-state index in [1.807, 2.05) is 0 Å². The summed E-state index contributed by atoms with van der Waals surface area (Å²) in [6, 6.07) is 4.90. The highest BCUT2D eigenvalue weighted by Gasteiger charge is 2.64. The SMILES string of the molecule is NC(=O)C1(C(N)=O)CC1c1ccc(OC(F)(F)F)cc1. The summed E-state index contributed by atoms with van der Waals surface area (Å²) in [4.78, 5) is 22.6. The first-order valence-electron chi connectivity index (χ1n) is 5.62. The normalized spacial score (nSPS) is 20.2. The number of alkyl halides is 3. The number of nitrogens with two attached hydrogens (primary N) is 2. The lowest BCUT2D eigenvalue weighted by Gasteiger charge is -2.11. The highest BCUT2D eigenvalue weighted by molar-refractivity contribution is 6.08. The molecule has 0 heterocycles. The van der Waals surface area contributed by atoms with Crippen LogP contribution in [0.25, 0.3) is 0 Å². The molecule has 108 valence electrons. The van der Waals surface area contributed by atoms with Crippen molar-refractivity contribution >= 4 is 11.8 Å². The largest absolute Gasteiger partial charge is 0.573 e. The number of primary amides is 2. The molecule has 20 heavy (non-hydrogen) atoms. The minimum Gasteiger partial charge on any atom is -0.406 e. The molecule has 8 heteroatoms. The fourth-order valence-corrected chi connectivity index (χ4v) is 2.23. The van der Waals surface area contributed by atoms with Gasteiger partial charge < -0.3 is 16.2 Å². The monoisotopic (exact) mass is 288 g/mol. The molecule has 0 radical (unpaired) electrons. The van der Waals surface area contributed by atoms with Gasteiger partial charge in [0.2, 0.25) is 11.8 Å². The highest BCUT2D eigenvalue weighted by atomic mass is 19.4. The number of carbonyl (C=O) groups excluding carboxylic acids is 2. The number of benzene rings is 1. The summed E-state index contributed by atoms with van der Waals surface area (Å²) in [5.74, 6) is -2.54. The van der Waals surface area contributed by atoms with Crippen molar-refractivity contribution in [2.45, 2.75) is 18.7 Å². The Morgan fingerprint density at radius 3 is 2.00 bits per heavy atom. The predicted molar refractivity (Wildman–Crippen MR) is 61.3 cm³/mol. The number of amides is 2. The number of carbonyl (C=O) groups is 2. The zero-order valence-corrected chi connectivity index (χ0v) is 10.1. The first kappa shape index (κ1) is 14.2. The van der Waals surface area contributed by atoms with Crippen LogP contribution in [-0.4, -0.2) is 18.2 Å². The third kappa shape index (κ3) is 2.40. The summed E-state index contributed by atoms with van der Waals surface area (Å²) in [6.45, 7) is 0. The van der Waals surface area contributed by atoms with E-state index in [-0.39, 0.29) is 12.2 Å². The van der Waals surface area contributed by atoms with Gasteiger partial charge in [0.15, 0.2) is 0 Å². The summed E-state index contributed by atoms with van der Waals surface area (Å²) in [6.07, 6.45) is -4.61. The minimum absolute atomic E-state index is 0.164. The van der Waals surface area contributed by atoms with Gasteiger partial charge in [0.05, 0.1) is 0 Å². The molecule has 1 aromatic carbocycles. The summed E-state index contributed by atoms with van der Waals surface area (Å²) in [7, 11) is 0. The first-order valence-corrected chi connectivity index (χ1v) is 5.62. The van der Waals surface area contributed by atoms with E-state index in [9.17, 15) is 22.8 Å². The van der Waals surface area contributed by atoms with E-state index in [1.54, 1.807) is 0 Å². The Labute approximate surface area is 111 Å². The van der Waals surface area contributed by atoms with Gasteiger partial charge in [-0.2, -0.15) is 0 Å². The van der Waals surface area contributed by atoms with Crippen LogP contribution in [0.15, 0.2) is 24.3 Å². The van der Waals surface area contributed by atoms with E-state index < -0.39 is 29.5 Å². The van der Waals surface area contributed by atoms with E-state index in [0.717, 1.165) is 12.1 Å². The lowest BCUT2D eigenvalue weighted by atomic mass is 9.97. The van der Waals surface area contributed by atoms with E-state index in [2.05, 4.69) is 4.74 Å². The van der Waals surface area contributed by atoms with E-state index in [1.165, 1.54) is 12.1 Å². The van der Waals surface area contributed by atoms with Gasteiger partial charge in [-0.3, -0.25) is 9.59 Å². The first-order chi connectivity index (χ1) is 9.17. The Morgan fingerprint density at radius 1 is 1.15 bits per heavy atom. The fraction of sp³-hybridized carbons (Fsp3) is 0.333. The average molecular weight is 288 g/mol. The number of rotatable bonds is 4. The summed E-state index contributed by atoms with van der Waals surface area (Å²) in [5, 5.41) is 0. The van der Waals surface area contributed by atoms with Crippen molar-refractivity contribution in [2.75, 3.05) is 0 Å². The maximum Gasteiger partial charge on any atom is 0.573 e. The molecule has 2 rings (SSSR count). The van der Waals surface area contributed by atoms with E-state index >= 15 is 0 Å². The molecule has 1 unspecified atom stereocenters. The molecule has 2 amide bonds. The van der Waals surface area contributed by atoms with Crippen molar-refractivity contribution in [1.82, 2.24) is 0 Å². The molecule has 0 aromatic heterocycles. The standard InChI is InChI=1S/C12H11F3N2O3/c13-12(14,15)20-7-3-1-6(2-4-7)8-5-11(8,9(16)18)10(17)19/h1-4,8H,5H2,(H2,16,18)(H2,17,19). The van der Waals surface area contributed by atoms with E-state index in [4.69, 9.17) is 11.5 Å². The number of hydrogen-bond acceptors (Lipinski definition) is 3. The summed E-state index contributed by atoms with van der Waals surface area (Å²) >= 11 is 0. The zero-order chi connectivity index (χ0) is 15.1. The lowest BCUT2D eigenvalue weighted by Crippen LogP contribution is -2.38. The zero-order valence-electron chi connectivity index (χ0n) is 10.1. The van der Waals surface area contributed by atoms with Gasteiger partial charge in [0.1, 0.15) is 11.2 Å². The molecule has 1 fully saturated rings. The van der Waals surface area contributed by atoms with Crippen LogP contribution >= 0.6 is 0 Å². The molecule has 0 bridgehead atoms. The summed E-state index contributed by atoms with van der Waals surface area (Å²) < 4.78 is 39.7. The minimum atomic E-state index is -4.77. The van der Waals surface area contributed by atoms with Gasteiger partial charge in [-0.05, 0) is 24.1 Å². The Kier molecular flexibility index (Phi) is 3.11. The van der Waals surface area contributed by atoms with Crippen molar-refractivity contribution in [1.29, 1.82) is 0 Å². The molecule has 1 atom stereocenters. The van der Waals surface area contributed by atoms with Crippen LogP contribution in [0.1, 0.15) is 17.9 Å². The molecular formula is C12H11F3N2O3. The second kappa shape index (κ2) is 4.39. The average Bonchev–Trinajstić information content (AvgIpc) is 3.04. The molecule has 0 aliphatic heterocycles. The van der Waals surface area contributed by atoms with Gasteiger partial charge in [-0.1, -0.05) is 12.1 Å². The van der Waals surface area contributed by atoms with Gasteiger partial charge in [-0.25, -0.2) is 0 Å². The van der Waals surface area contributed by atoms with Crippen LogP contribution < -0.4 is 16.2 Å². The molecule has 0 saturated heterocycles. The molecule has 1 aliphatic rings. The molecule has 1 aromatic rings.